The second kappa shape index (κ2) is 9.68. The molecule has 4 unspecified atom stereocenters. The van der Waals surface area contributed by atoms with Crippen molar-refractivity contribution in [3.63, 3.8) is 0 Å². The van der Waals surface area contributed by atoms with Crippen molar-refractivity contribution in [3.05, 3.63) is 33.1 Å². The molecule has 4 atom stereocenters. The Balaban J connectivity index is 1.87. The van der Waals surface area contributed by atoms with Crippen molar-refractivity contribution < 1.29 is 23.5 Å². The number of H-pyrrole nitrogens is 1. The third kappa shape index (κ3) is 7.05. The van der Waals surface area contributed by atoms with Gasteiger partial charge in [-0.3, -0.25) is 23.7 Å². The molecule has 0 aliphatic carbocycles. The monoisotopic (exact) mass is 483 g/mol. The number of alkyl halides is 1. The van der Waals surface area contributed by atoms with Gasteiger partial charge in [0, 0.05) is 30.0 Å². The highest BCUT2D eigenvalue weighted by molar-refractivity contribution is 8.13. The van der Waals surface area contributed by atoms with Crippen LogP contribution in [0.4, 0.5) is 0 Å². The van der Waals surface area contributed by atoms with Crippen LogP contribution in [0.2, 0.25) is 0 Å². The fourth-order valence-corrected chi connectivity index (χ4v) is 4.92. The van der Waals surface area contributed by atoms with Crippen LogP contribution in [-0.2, 0) is 18.6 Å². The Morgan fingerprint density at radius 3 is 2.80 bits per heavy atom. The molecule has 0 bridgehead atoms. The van der Waals surface area contributed by atoms with Crippen molar-refractivity contribution in [1.82, 2.24) is 14.6 Å². The number of aromatic amines is 1. The summed E-state index contributed by atoms with van der Waals surface area (Å²) in [4.78, 5) is 46.2. The predicted octanol–water partition coefficient (Wildman–Crippen LogP) is 1.83. The quantitative estimate of drug-likeness (QED) is 0.287. The largest absolute Gasteiger partial charge is 0.403 e. The highest BCUT2D eigenvalue weighted by atomic mass is 35.5. The van der Waals surface area contributed by atoms with E-state index in [1.807, 2.05) is 0 Å². The number of rotatable bonds is 8. The Hall–Kier alpha value is -0.940. The van der Waals surface area contributed by atoms with Crippen LogP contribution >= 0.6 is 31.1 Å². The smallest absolute Gasteiger partial charge is 0.350 e. The highest BCUT2D eigenvalue weighted by Crippen LogP contribution is 2.44. The number of hydrogen-bond donors (Lipinski definition) is 3. The summed E-state index contributed by atoms with van der Waals surface area (Å²) in [5.41, 5.74) is -1.69. The first kappa shape index (κ1) is 25.3. The molecule has 1 aromatic heterocycles. The molecule has 0 spiro atoms. The molecule has 1 aromatic rings. The number of hydrogen-bond acceptors (Lipinski definition) is 7. The number of ether oxygens (including phenoxy) is 1. The number of carbonyl (C=O) groups is 1. The number of nitrogens with zero attached hydrogens (tertiary/aromatic N) is 1. The van der Waals surface area contributed by atoms with Crippen LogP contribution < -0.4 is 16.3 Å². The second-order valence-corrected chi connectivity index (χ2v) is 11.8. The summed E-state index contributed by atoms with van der Waals surface area (Å²) < 4.78 is 24.2. The third-order valence-electron chi connectivity index (χ3n) is 4.26. The van der Waals surface area contributed by atoms with Crippen molar-refractivity contribution >= 4 is 36.2 Å². The number of nitrogens with one attached hydrogen (secondary N) is 2. The maximum absolute atomic E-state index is 12.2. The number of thioether (sulfide) groups is 1. The fraction of sp³-hybridized carbons (Fsp3) is 0.706. The Kier molecular flexibility index (Phi) is 8.17. The van der Waals surface area contributed by atoms with Gasteiger partial charge < -0.3 is 9.63 Å². The lowest BCUT2D eigenvalue weighted by molar-refractivity contribution is -0.117. The van der Waals surface area contributed by atoms with E-state index in [0.717, 1.165) is 16.3 Å². The average molecular weight is 484 g/mol. The van der Waals surface area contributed by atoms with Gasteiger partial charge >= 0.3 is 13.4 Å². The number of aromatic nitrogens is 2. The van der Waals surface area contributed by atoms with Crippen LogP contribution in [0.1, 0.15) is 40.3 Å². The SMILES string of the molecule is CC(C)(C)C(=O)SCCNP(=O)(O)OCC1CC(C)(Cl)C(n2ccc(=O)[nH]c2=O)O1. The molecule has 2 rings (SSSR count). The van der Waals surface area contributed by atoms with Crippen LogP contribution in [0.25, 0.3) is 0 Å². The van der Waals surface area contributed by atoms with Gasteiger partial charge in [0.25, 0.3) is 5.56 Å². The van der Waals surface area contributed by atoms with E-state index >= 15 is 0 Å². The van der Waals surface area contributed by atoms with E-state index < -0.39 is 41.6 Å². The van der Waals surface area contributed by atoms with Crippen LogP contribution in [0.3, 0.4) is 0 Å². The van der Waals surface area contributed by atoms with E-state index in [9.17, 15) is 23.8 Å². The molecule has 170 valence electrons. The van der Waals surface area contributed by atoms with Gasteiger partial charge in [0.05, 0.1) is 17.6 Å². The van der Waals surface area contributed by atoms with Crippen molar-refractivity contribution in [3.8, 4) is 0 Å². The predicted molar refractivity (Wildman–Crippen MR) is 115 cm³/mol. The topological polar surface area (TPSA) is 140 Å². The fourth-order valence-electron chi connectivity index (χ4n) is 2.76. The maximum Gasteiger partial charge on any atom is 0.403 e. The summed E-state index contributed by atoms with van der Waals surface area (Å²) in [6.45, 7) is 6.95. The molecule has 0 radical (unpaired) electrons. The third-order valence-corrected chi connectivity index (χ3v) is 7.01. The van der Waals surface area contributed by atoms with E-state index in [-0.39, 0.29) is 24.7 Å². The summed E-state index contributed by atoms with van der Waals surface area (Å²) in [5, 5.41) is 2.39. The molecule has 0 aromatic carbocycles. The standard InChI is InChI=1S/C17H27ClN3O7PS/c1-16(2,3)14(23)30-8-6-19-29(25,26)27-10-11-9-17(4,18)13(28-11)21-7-5-12(22)20-15(21)24/h5,7,11,13H,6,8-10H2,1-4H3,(H2,19,25,26)(H,20,22,24). The first-order valence-corrected chi connectivity index (χ1v) is 12.2. The van der Waals surface area contributed by atoms with Crippen LogP contribution in [0.5, 0.6) is 0 Å². The first-order chi connectivity index (χ1) is 13.7. The van der Waals surface area contributed by atoms with E-state index in [4.69, 9.17) is 20.9 Å². The minimum atomic E-state index is -4.11. The first-order valence-electron chi connectivity index (χ1n) is 9.27. The molecule has 13 heteroatoms. The van der Waals surface area contributed by atoms with Gasteiger partial charge in [0.1, 0.15) is 0 Å². The lowest BCUT2D eigenvalue weighted by Gasteiger charge is -2.24. The Morgan fingerprint density at radius 2 is 2.20 bits per heavy atom. The minimum absolute atomic E-state index is 0.0118. The van der Waals surface area contributed by atoms with Crippen molar-refractivity contribution in [2.75, 3.05) is 18.9 Å². The highest BCUT2D eigenvalue weighted by Gasteiger charge is 2.46. The second-order valence-electron chi connectivity index (χ2n) is 8.22. The molecule has 0 saturated carbocycles. The number of carbonyl (C=O) groups excluding carboxylic acids is 1. The van der Waals surface area contributed by atoms with E-state index in [1.54, 1.807) is 27.7 Å². The summed E-state index contributed by atoms with van der Waals surface area (Å²) in [6, 6.07) is 1.18. The molecule has 1 aliphatic rings. The maximum atomic E-state index is 12.2. The molecule has 1 fully saturated rings. The van der Waals surface area contributed by atoms with E-state index in [2.05, 4.69) is 10.1 Å². The molecule has 30 heavy (non-hydrogen) atoms. The zero-order chi connectivity index (χ0) is 22.7. The van der Waals surface area contributed by atoms with Gasteiger partial charge in [-0.15, -0.1) is 11.6 Å². The van der Waals surface area contributed by atoms with Gasteiger partial charge in [0.15, 0.2) is 11.3 Å². The lowest BCUT2D eigenvalue weighted by Crippen LogP contribution is -2.37. The molecular weight excluding hydrogens is 457 g/mol. The molecule has 3 N–H and O–H groups in total. The molecular formula is C17H27ClN3O7PS. The van der Waals surface area contributed by atoms with Crippen molar-refractivity contribution in [1.29, 1.82) is 0 Å². The Bertz CT molecular complexity index is 927. The van der Waals surface area contributed by atoms with Gasteiger partial charge in [-0.2, -0.15) is 0 Å². The minimum Gasteiger partial charge on any atom is -0.350 e. The lowest BCUT2D eigenvalue weighted by atomic mass is 10.00. The van der Waals surface area contributed by atoms with Crippen LogP contribution in [-0.4, -0.2) is 49.4 Å². The van der Waals surface area contributed by atoms with Gasteiger partial charge in [-0.25, -0.2) is 14.4 Å². The average Bonchev–Trinajstić information content (AvgIpc) is 2.90. The molecule has 10 nitrogen and oxygen atoms in total. The molecule has 1 saturated heterocycles. The normalized spacial score (nSPS) is 26.5. The summed E-state index contributed by atoms with van der Waals surface area (Å²) in [7, 11) is -4.11. The zero-order valence-corrected chi connectivity index (χ0v) is 19.7. The van der Waals surface area contributed by atoms with E-state index in [0.29, 0.717) is 5.75 Å². The summed E-state index contributed by atoms with van der Waals surface area (Å²) >= 11 is 7.56. The summed E-state index contributed by atoms with van der Waals surface area (Å²) in [5.74, 6) is 0.320. The van der Waals surface area contributed by atoms with Gasteiger partial charge in [0.2, 0.25) is 0 Å². The molecule has 0 amide bonds. The van der Waals surface area contributed by atoms with Gasteiger partial charge in [-0.05, 0) is 13.3 Å². The Morgan fingerprint density at radius 1 is 1.53 bits per heavy atom. The zero-order valence-electron chi connectivity index (χ0n) is 17.2. The van der Waals surface area contributed by atoms with Crippen LogP contribution in [0.15, 0.2) is 21.9 Å². The number of halogens is 1. The summed E-state index contributed by atoms with van der Waals surface area (Å²) in [6.07, 6.45) is 0.00395. The van der Waals surface area contributed by atoms with Crippen molar-refractivity contribution in [2.24, 2.45) is 5.41 Å². The van der Waals surface area contributed by atoms with Crippen molar-refractivity contribution in [2.45, 2.75) is 51.3 Å². The molecule has 1 aliphatic heterocycles. The van der Waals surface area contributed by atoms with E-state index in [1.165, 1.54) is 12.3 Å². The molecule has 2 heterocycles. The Labute approximate surface area is 183 Å². The van der Waals surface area contributed by atoms with Crippen LogP contribution in [0, 0.1) is 5.41 Å². The van der Waals surface area contributed by atoms with Gasteiger partial charge in [-0.1, -0.05) is 32.5 Å².